The van der Waals surface area contributed by atoms with Crippen LogP contribution >= 0.6 is 0 Å². The van der Waals surface area contributed by atoms with Gasteiger partial charge in [0.2, 0.25) is 15.9 Å². The third kappa shape index (κ3) is 7.43. The van der Waals surface area contributed by atoms with Gasteiger partial charge in [-0.1, -0.05) is 30.3 Å². The molecule has 0 radical (unpaired) electrons. The van der Waals surface area contributed by atoms with Crippen LogP contribution < -0.4 is 21.9 Å². The third-order valence-corrected chi connectivity index (χ3v) is 9.15. The molecule has 2 aromatic carbocycles. The van der Waals surface area contributed by atoms with Crippen LogP contribution in [-0.2, 0) is 21.2 Å². The number of piperidine rings is 1. The molecule has 1 fully saturated rings. The first-order valence-electron chi connectivity index (χ1n) is 13.5. The minimum absolute atomic E-state index is 0.0899. The van der Waals surface area contributed by atoms with Crippen molar-refractivity contribution in [3.05, 3.63) is 65.2 Å². The molecule has 2 aliphatic rings. The Morgan fingerprint density at radius 1 is 1.13 bits per heavy atom. The number of nitrogen functional groups attached to an aromatic ring is 1. The fourth-order valence-corrected chi connectivity index (χ4v) is 6.61. The smallest absolute Gasteiger partial charge is 0.241 e. The third-order valence-electron chi connectivity index (χ3n) is 7.68. The number of carbonyl (C=O) groups is 1. The molecule has 0 aromatic heterocycles. The molecular weight excluding hydrogens is 514 g/mol. The summed E-state index contributed by atoms with van der Waals surface area (Å²) in [5.41, 5.74) is 19.3. The van der Waals surface area contributed by atoms with Crippen LogP contribution in [0.25, 0.3) is 0 Å². The Morgan fingerprint density at radius 3 is 2.54 bits per heavy atom. The molecule has 1 unspecified atom stereocenters. The lowest BCUT2D eigenvalue weighted by Gasteiger charge is -2.34. The molecule has 0 spiro atoms. The molecule has 2 aliphatic heterocycles. The van der Waals surface area contributed by atoms with Crippen LogP contribution in [0.3, 0.4) is 0 Å². The van der Waals surface area contributed by atoms with E-state index in [9.17, 15) is 13.2 Å². The van der Waals surface area contributed by atoms with Crippen molar-refractivity contribution in [3.8, 4) is 0 Å². The fourth-order valence-electron chi connectivity index (χ4n) is 5.36. The Bertz CT molecular complexity index is 1320. The number of nitrogens with zero attached hydrogens (tertiary/aromatic N) is 2. The Hall–Kier alpha value is -3.28. The first-order chi connectivity index (χ1) is 18.7. The van der Waals surface area contributed by atoms with Crippen molar-refractivity contribution in [3.63, 3.8) is 0 Å². The van der Waals surface area contributed by atoms with Gasteiger partial charge < -0.3 is 22.1 Å². The molecule has 2 aromatic rings. The van der Waals surface area contributed by atoms with E-state index in [2.05, 4.69) is 9.71 Å². The average Bonchev–Trinajstić information content (AvgIpc) is 2.93. The number of carbonyl (C=O) groups excluding carboxylic acids is 1. The second kappa shape index (κ2) is 12.7. The first kappa shape index (κ1) is 28.7. The average molecular weight is 554 g/mol. The summed E-state index contributed by atoms with van der Waals surface area (Å²) >= 11 is 0. The summed E-state index contributed by atoms with van der Waals surface area (Å²) in [5, 5.41) is 7.75. The minimum Gasteiger partial charge on any atom is -0.387 e. The lowest BCUT2D eigenvalue weighted by Crippen LogP contribution is -2.51. The van der Waals surface area contributed by atoms with Gasteiger partial charge in [-0.15, -0.1) is 0 Å². The monoisotopic (exact) mass is 553 g/mol. The number of benzene rings is 2. The maximum Gasteiger partial charge on any atom is 0.241 e. The van der Waals surface area contributed by atoms with Gasteiger partial charge in [-0.2, -0.15) is 4.72 Å². The van der Waals surface area contributed by atoms with Crippen molar-refractivity contribution in [2.24, 2.45) is 28.1 Å². The molecule has 39 heavy (non-hydrogen) atoms. The second-order valence-electron chi connectivity index (χ2n) is 10.5. The number of amides is 1. The molecule has 4 rings (SSSR count). The van der Waals surface area contributed by atoms with E-state index in [-0.39, 0.29) is 29.0 Å². The summed E-state index contributed by atoms with van der Waals surface area (Å²) in [7, 11) is -4.02. The summed E-state index contributed by atoms with van der Waals surface area (Å²) in [4.78, 5) is 19.9. The van der Waals surface area contributed by atoms with Gasteiger partial charge in [0.15, 0.2) is 0 Å². The van der Waals surface area contributed by atoms with Gasteiger partial charge in [0.25, 0.3) is 0 Å². The molecule has 0 bridgehead atoms. The van der Waals surface area contributed by atoms with Crippen molar-refractivity contribution in [2.45, 2.75) is 55.4 Å². The Kier molecular flexibility index (Phi) is 9.36. The van der Waals surface area contributed by atoms with Gasteiger partial charge >= 0.3 is 0 Å². The SMILES string of the molecule is N=C(N)c1cccc(C[C@@H](NS(=O)(=O)c2cccc(C3CCC(N)=NC3)c2)C(=O)N2CCC(CCN)CC2)c1. The molecule has 11 heteroatoms. The molecular formula is C28H39N7O3S. The number of aliphatic imine (C=N–C) groups is 1. The highest BCUT2D eigenvalue weighted by atomic mass is 32.2. The predicted molar refractivity (Wildman–Crippen MR) is 153 cm³/mol. The molecule has 2 heterocycles. The van der Waals surface area contributed by atoms with E-state index in [0.717, 1.165) is 31.2 Å². The van der Waals surface area contributed by atoms with Gasteiger partial charge in [0, 0.05) is 37.5 Å². The number of hydrogen-bond acceptors (Lipinski definition) is 7. The molecule has 8 N–H and O–H groups in total. The van der Waals surface area contributed by atoms with Gasteiger partial charge in [0.05, 0.1) is 10.7 Å². The predicted octanol–water partition coefficient (Wildman–Crippen LogP) is 1.68. The highest BCUT2D eigenvalue weighted by Crippen LogP contribution is 2.27. The summed E-state index contributed by atoms with van der Waals surface area (Å²) in [5.74, 6) is 0.843. The van der Waals surface area contributed by atoms with E-state index in [1.165, 1.54) is 0 Å². The molecule has 1 saturated heterocycles. The first-order valence-corrected chi connectivity index (χ1v) is 15.0. The highest BCUT2D eigenvalue weighted by Gasteiger charge is 2.32. The number of likely N-dealkylation sites (tertiary alicyclic amines) is 1. The highest BCUT2D eigenvalue weighted by molar-refractivity contribution is 7.89. The normalized spacial score (nSPS) is 19.4. The van der Waals surface area contributed by atoms with E-state index >= 15 is 0 Å². The molecule has 0 saturated carbocycles. The van der Waals surface area contributed by atoms with Crippen LogP contribution in [0.5, 0.6) is 0 Å². The van der Waals surface area contributed by atoms with Gasteiger partial charge in [-0.25, -0.2) is 8.42 Å². The zero-order valence-corrected chi connectivity index (χ0v) is 23.0. The Morgan fingerprint density at radius 2 is 1.87 bits per heavy atom. The zero-order valence-electron chi connectivity index (χ0n) is 22.2. The Balaban J connectivity index is 1.57. The topological polar surface area (TPSA) is 181 Å². The summed E-state index contributed by atoms with van der Waals surface area (Å²) in [6, 6.07) is 12.8. The van der Waals surface area contributed by atoms with Crippen LogP contribution in [0, 0.1) is 11.3 Å². The number of nitrogens with one attached hydrogen (secondary N) is 2. The van der Waals surface area contributed by atoms with Gasteiger partial charge in [0.1, 0.15) is 11.9 Å². The van der Waals surface area contributed by atoms with E-state index in [1.807, 2.05) is 12.1 Å². The molecule has 1 amide bonds. The van der Waals surface area contributed by atoms with Crippen LogP contribution in [-0.4, -0.2) is 63.1 Å². The lowest BCUT2D eigenvalue weighted by molar-refractivity contribution is -0.134. The number of amidine groups is 2. The lowest BCUT2D eigenvalue weighted by atomic mass is 9.92. The molecule has 2 atom stereocenters. The number of nitrogens with two attached hydrogens (primary N) is 3. The van der Waals surface area contributed by atoms with E-state index in [4.69, 9.17) is 22.6 Å². The van der Waals surface area contributed by atoms with Crippen LogP contribution in [0.15, 0.2) is 58.4 Å². The Labute approximate surface area is 230 Å². The minimum atomic E-state index is -4.02. The summed E-state index contributed by atoms with van der Waals surface area (Å²) in [6.07, 6.45) is 4.23. The van der Waals surface area contributed by atoms with Crippen molar-refractivity contribution >= 4 is 27.6 Å². The second-order valence-corrected chi connectivity index (χ2v) is 12.2. The van der Waals surface area contributed by atoms with Crippen molar-refractivity contribution in [1.82, 2.24) is 9.62 Å². The number of hydrogen-bond donors (Lipinski definition) is 5. The van der Waals surface area contributed by atoms with Crippen LogP contribution in [0.2, 0.25) is 0 Å². The zero-order chi connectivity index (χ0) is 28.0. The van der Waals surface area contributed by atoms with E-state index in [0.29, 0.717) is 55.5 Å². The largest absolute Gasteiger partial charge is 0.387 e. The molecule has 0 aliphatic carbocycles. The summed E-state index contributed by atoms with van der Waals surface area (Å²) < 4.78 is 30.0. The van der Waals surface area contributed by atoms with E-state index in [1.54, 1.807) is 41.3 Å². The number of sulfonamides is 1. The van der Waals surface area contributed by atoms with Crippen molar-refractivity contribution in [1.29, 1.82) is 5.41 Å². The number of rotatable bonds is 10. The summed E-state index contributed by atoms with van der Waals surface area (Å²) in [6.45, 7) is 2.27. The van der Waals surface area contributed by atoms with E-state index < -0.39 is 16.1 Å². The van der Waals surface area contributed by atoms with Crippen molar-refractivity contribution < 1.29 is 13.2 Å². The van der Waals surface area contributed by atoms with Crippen molar-refractivity contribution in [2.75, 3.05) is 26.2 Å². The molecule has 10 nitrogen and oxygen atoms in total. The van der Waals surface area contributed by atoms with Gasteiger partial charge in [-0.05, 0) is 73.9 Å². The van der Waals surface area contributed by atoms with Crippen LogP contribution in [0.1, 0.15) is 54.7 Å². The maximum absolute atomic E-state index is 13.7. The fraction of sp³-hybridized carbons (Fsp3) is 0.464. The van der Waals surface area contributed by atoms with Crippen LogP contribution in [0.4, 0.5) is 0 Å². The maximum atomic E-state index is 13.7. The molecule has 210 valence electrons. The van der Waals surface area contributed by atoms with Gasteiger partial charge in [-0.3, -0.25) is 15.2 Å². The standard InChI is InChI=1S/C28H39N7O3S/c29-12-9-19-10-13-35(14-11-19)28(36)25(16-20-3-1-5-22(15-20)27(31)32)34-39(37,38)24-6-2-4-21(17-24)23-7-8-26(30)33-18-23/h1-6,15,17,19,23,25,34H,7-14,16,18,29H2,(H2,30,33)(H3,31,32)/t23?,25-/m1/s1. The quantitative estimate of drug-likeness (QED) is 0.220.